The molecule has 0 aliphatic carbocycles. The maximum Gasteiger partial charge on any atom is 0.240 e. The molecule has 6 nitrogen and oxygen atoms in total. The molecular formula is C13H14N6. The van der Waals surface area contributed by atoms with Crippen molar-refractivity contribution in [2.45, 2.75) is 13.8 Å². The number of anilines is 2. The first-order chi connectivity index (χ1) is 9.04. The first kappa shape index (κ1) is 11.5. The highest BCUT2D eigenvalue weighted by Crippen LogP contribution is 2.24. The number of benzene rings is 1. The standard InChI is InChI=1S/C13H14N6/c1-7-3-8(2)5-9(4-7)10-6-16-11(14)12-17-13(15)18-19(10)12/h3-6H,1-2H3,(H2,14,16)(H2,15,18). The van der Waals surface area contributed by atoms with Crippen LogP contribution >= 0.6 is 0 Å². The summed E-state index contributed by atoms with van der Waals surface area (Å²) in [5, 5.41) is 4.17. The summed E-state index contributed by atoms with van der Waals surface area (Å²) >= 11 is 0. The maximum absolute atomic E-state index is 5.79. The number of aromatic nitrogens is 4. The van der Waals surface area contributed by atoms with E-state index in [0.29, 0.717) is 11.5 Å². The average molecular weight is 254 g/mol. The van der Waals surface area contributed by atoms with E-state index in [-0.39, 0.29) is 5.95 Å². The molecule has 0 amide bonds. The van der Waals surface area contributed by atoms with Gasteiger partial charge in [0.2, 0.25) is 5.95 Å². The number of nitrogens with two attached hydrogens (primary N) is 2. The second-order valence-electron chi connectivity index (χ2n) is 4.61. The van der Waals surface area contributed by atoms with Crippen molar-refractivity contribution >= 4 is 17.4 Å². The quantitative estimate of drug-likeness (QED) is 0.687. The first-order valence-electron chi connectivity index (χ1n) is 5.90. The topological polar surface area (TPSA) is 95.1 Å². The Labute approximate surface area is 110 Å². The lowest BCUT2D eigenvalue weighted by molar-refractivity contribution is 0.963. The normalized spacial score (nSPS) is 11.1. The Morgan fingerprint density at radius 1 is 1.05 bits per heavy atom. The second kappa shape index (κ2) is 3.94. The zero-order chi connectivity index (χ0) is 13.6. The number of fused-ring (bicyclic) bond motifs is 1. The molecule has 2 heterocycles. The number of nitrogens with zero attached hydrogens (tertiary/aromatic N) is 4. The monoisotopic (exact) mass is 254 g/mol. The van der Waals surface area contributed by atoms with Crippen LogP contribution in [0.5, 0.6) is 0 Å². The summed E-state index contributed by atoms with van der Waals surface area (Å²) < 4.78 is 1.63. The summed E-state index contributed by atoms with van der Waals surface area (Å²) in [4.78, 5) is 8.24. The molecule has 96 valence electrons. The van der Waals surface area contributed by atoms with E-state index in [9.17, 15) is 0 Å². The smallest absolute Gasteiger partial charge is 0.240 e. The molecule has 2 aromatic heterocycles. The molecule has 0 aliphatic rings. The highest BCUT2D eigenvalue weighted by Gasteiger charge is 2.11. The molecule has 0 aliphatic heterocycles. The molecule has 0 radical (unpaired) electrons. The average Bonchev–Trinajstić information content (AvgIpc) is 2.70. The Kier molecular flexibility index (Phi) is 2.38. The van der Waals surface area contributed by atoms with Gasteiger partial charge in [-0.05, 0) is 26.0 Å². The van der Waals surface area contributed by atoms with Gasteiger partial charge in [-0.25, -0.2) is 9.50 Å². The van der Waals surface area contributed by atoms with E-state index in [1.807, 2.05) is 13.8 Å². The molecule has 0 atom stereocenters. The van der Waals surface area contributed by atoms with Gasteiger partial charge in [-0.15, -0.1) is 5.10 Å². The Morgan fingerprint density at radius 3 is 2.42 bits per heavy atom. The van der Waals surface area contributed by atoms with E-state index >= 15 is 0 Å². The molecule has 0 saturated heterocycles. The van der Waals surface area contributed by atoms with Gasteiger partial charge in [0.15, 0.2) is 11.5 Å². The van der Waals surface area contributed by atoms with E-state index in [0.717, 1.165) is 11.3 Å². The van der Waals surface area contributed by atoms with Gasteiger partial charge in [0, 0.05) is 5.56 Å². The van der Waals surface area contributed by atoms with E-state index in [4.69, 9.17) is 11.5 Å². The van der Waals surface area contributed by atoms with Crippen LogP contribution in [0.3, 0.4) is 0 Å². The lowest BCUT2D eigenvalue weighted by atomic mass is 10.1. The summed E-state index contributed by atoms with van der Waals surface area (Å²) in [6.07, 6.45) is 1.69. The Morgan fingerprint density at radius 2 is 1.74 bits per heavy atom. The summed E-state index contributed by atoms with van der Waals surface area (Å²) in [6.45, 7) is 4.10. The fourth-order valence-electron chi connectivity index (χ4n) is 2.22. The van der Waals surface area contributed by atoms with Crippen molar-refractivity contribution in [3.63, 3.8) is 0 Å². The van der Waals surface area contributed by atoms with Crippen LogP contribution in [0.1, 0.15) is 11.1 Å². The van der Waals surface area contributed by atoms with E-state index in [1.165, 1.54) is 11.1 Å². The minimum absolute atomic E-state index is 0.185. The summed E-state index contributed by atoms with van der Waals surface area (Å²) in [5.74, 6) is 0.502. The van der Waals surface area contributed by atoms with Crippen LogP contribution in [-0.4, -0.2) is 19.6 Å². The zero-order valence-electron chi connectivity index (χ0n) is 10.8. The van der Waals surface area contributed by atoms with Crippen LogP contribution in [-0.2, 0) is 0 Å². The molecule has 19 heavy (non-hydrogen) atoms. The zero-order valence-corrected chi connectivity index (χ0v) is 10.8. The second-order valence-corrected chi connectivity index (χ2v) is 4.61. The Bertz CT molecular complexity index is 754. The van der Waals surface area contributed by atoms with Crippen molar-refractivity contribution in [2.24, 2.45) is 0 Å². The van der Waals surface area contributed by atoms with E-state index in [2.05, 4.69) is 33.3 Å². The van der Waals surface area contributed by atoms with Crippen LogP contribution in [0.15, 0.2) is 24.4 Å². The van der Waals surface area contributed by atoms with Crippen LogP contribution in [0.4, 0.5) is 11.8 Å². The minimum atomic E-state index is 0.185. The van der Waals surface area contributed by atoms with E-state index in [1.54, 1.807) is 10.7 Å². The van der Waals surface area contributed by atoms with Gasteiger partial charge >= 0.3 is 0 Å². The number of aryl methyl sites for hydroxylation is 2. The molecular weight excluding hydrogens is 240 g/mol. The Balaban J connectivity index is 2.33. The van der Waals surface area contributed by atoms with Crippen LogP contribution in [0, 0.1) is 13.8 Å². The van der Waals surface area contributed by atoms with Crippen molar-refractivity contribution in [2.75, 3.05) is 11.5 Å². The van der Waals surface area contributed by atoms with E-state index < -0.39 is 0 Å². The van der Waals surface area contributed by atoms with Gasteiger partial charge in [-0.1, -0.05) is 17.2 Å². The first-order valence-corrected chi connectivity index (χ1v) is 5.90. The summed E-state index contributed by atoms with van der Waals surface area (Å²) in [6, 6.07) is 6.25. The number of rotatable bonds is 1. The Hall–Kier alpha value is -2.63. The summed E-state index contributed by atoms with van der Waals surface area (Å²) in [5.41, 5.74) is 16.1. The van der Waals surface area contributed by atoms with Crippen LogP contribution < -0.4 is 11.5 Å². The van der Waals surface area contributed by atoms with Gasteiger partial charge in [0.1, 0.15) is 0 Å². The third kappa shape index (κ3) is 1.87. The molecule has 0 bridgehead atoms. The fraction of sp³-hybridized carbons (Fsp3) is 0.154. The number of hydrogen-bond donors (Lipinski definition) is 2. The molecule has 1 aromatic carbocycles. The largest absolute Gasteiger partial charge is 0.381 e. The minimum Gasteiger partial charge on any atom is -0.381 e. The van der Waals surface area contributed by atoms with Crippen molar-refractivity contribution in [3.8, 4) is 11.3 Å². The van der Waals surface area contributed by atoms with Gasteiger partial charge in [0.25, 0.3) is 0 Å². The molecule has 3 aromatic rings. The summed E-state index contributed by atoms with van der Waals surface area (Å²) in [7, 11) is 0. The van der Waals surface area contributed by atoms with Gasteiger partial charge < -0.3 is 11.5 Å². The third-order valence-electron chi connectivity index (χ3n) is 2.92. The third-order valence-corrected chi connectivity index (χ3v) is 2.92. The van der Waals surface area contributed by atoms with Gasteiger partial charge in [-0.2, -0.15) is 4.98 Å². The lowest BCUT2D eigenvalue weighted by Crippen LogP contribution is -2.01. The SMILES string of the molecule is Cc1cc(C)cc(-c2cnc(N)c3nc(N)nn23)c1. The molecule has 6 heteroatoms. The number of nitrogen functional groups attached to an aromatic ring is 2. The van der Waals surface area contributed by atoms with Crippen molar-refractivity contribution in [1.29, 1.82) is 0 Å². The van der Waals surface area contributed by atoms with Crippen molar-refractivity contribution < 1.29 is 0 Å². The highest BCUT2D eigenvalue weighted by atomic mass is 15.3. The number of hydrogen-bond acceptors (Lipinski definition) is 5. The van der Waals surface area contributed by atoms with Gasteiger partial charge in [0.05, 0.1) is 11.9 Å². The predicted molar refractivity (Wildman–Crippen MR) is 74.5 cm³/mol. The predicted octanol–water partition coefficient (Wildman–Crippen LogP) is 1.57. The maximum atomic E-state index is 5.79. The molecule has 0 unspecified atom stereocenters. The lowest BCUT2D eigenvalue weighted by Gasteiger charge is -2.07. The fourth-order valence-corrected chi connectivity index (χ4v) is 2.22. The highest BCUT2D eigenvalue weighted by molar-refractivity contribution is 5.69. The van der Waals surface area contributed by atoms with Crippen LogP contribution in [0.2, 0.25) is 0 Å². The van der Waals surface area contributed by atoms with Gasteiger partial charge in [-0.3, -0.25) is 0 Å². The molecule has 0 saturated carbocycles. The molecule has 0 fully saturated rings. The molecule has 4 N–H and O–H groups in total. The van der Waals surface area contributed by atoms with Crippen molar-refractivity contribution in [1.82, 2.24) is 19.6 Å². The van der Waals surface area contributed by atoms with Crippen molar-refractivity contribution in [3.05, 3.63) is 35.5 Å². The molecule has 3 rings (SSSR count). The van der Waals surface area contributed by atoms with Crippen LogP contribution in [0.25, 0.3) is 16.9 Å². The molecule has 0 spiro atoms.